The number of nitrogens with one attached hydrogen (secondary N) is 1. The summed E-state index contributed by atoms with van der Waals surface area (Å²) in [4.78, 5) is 13.2. The van der Waals surface area contributed by atoms with Crippen molar-refractivity contribution >= 4 is 28.4 Å². The number of hydrogen-bond donors (Lipinski definition) is 1. The van der Waals surface area contributed by atoms with Gasteiger partial charge < -0.3 is 10.1 Å². The lowest BCUT2D eigenvalue weighted by Crippen LogP contribution is -2.48. The number of carbonyl (C=O) groups is 1. The van der Waals surface area contributed by atoms with E-state index in [0.29, 0.717) is 37.6 Å². The summed E-state index contributed by atoms with van der Waals surface area (Å²) in [5.74, 6) is 0.0737. The van der Waals surface area contributed by atoms with Crippen LogP contribution in [-0.4, -0.2) is 35.4 Å². The van der Waals surface area contributed by atoms with Crippen LogP contribution in [0.2, 0.25) is 5.02 Å². The van der Waals surface area contributed by atoms with Crippen molar-refractivity contribution in [3.63, 3.8) is 0 Å². The van der Waals surface area contributed by atoms with Gasteiger partial charge in [0, 0.05) is 36.7 Å². The number of hydrogen-bond acceptors (Lipinski definition) is 3. The monoisotopic (exact) mass is 411 g/mol. The molecule has 2 aromatic carbocycles. The molecular formula is C23H26ClN3O2. The van der Waals surface area contributed by atoms with Gasteiger partial charge in [-0.1, -0.05) is 41.9 Å². The van der Waals surface area contributed by atoms with Gasteiger partial charge in [-0.3, -0.25) is 9.48 Å². The van der Waals surface area contributed by atoms with Crippen molar-refractivity contribution in [2.45, 2.75) is 38.1 Å². The molecule has 29 heavy (non-hydrogen) atoms. The highest BCUT2D eigenvalue weighted by Gasteiger charge is 2.41. The van der Waals surface area contributed by atoms with Gasteiger partial charge in [-0.25, -0.2) is 0 Å². The maximum absolute atomic E-state index is 13.2. The second-order valence-electron chi connectivity index (χ2n) is 7.64. The number of nitrogens with zero attached hydrogens (tertiary/aromatic N) is 2. The Morgan fingerprint density at radius 1 is 1.17 bits per heavy atom. The number of fused-ring (bicyclic) bond motifs is 1. The van der Waals surface area contributed by atoms with Crippen molar-refractivity contribution < 1.29 is 9.53 Å². The molecular weight excluding hydrogens is 386 g/mol. The Morgan fingerprint density at radius 2 is 1.90 bits per heavy atom. The number of aromatic nitrogens is 2. The minimum Gasteiger partial charge on any atom is -0.381 e. The largest absolute Gasteiger partial charge is 0.381 e. The molecule has 1 aromatic heterocycles. The Labute approximate surface area is 176 Å². The summed E-state index contributed by atoms with van der Waals surface area (Å²) in [6.45, 7) is 4.60. The van der Waals surface area contributed by atoms with Crippen LogP contribution < -0.4 is 5.32 Å². The third kappa shape index (κ3) is 4.02. The van der Waals surface area contributed by atoms with Gasteiger partial charge in [-0.15, -0.1) is 0 Å². The number of benzene rings is 2. The molecule has 2 heterocycles. The molecule has 3 aromatic rings. The molecule has 1 fully saturated rings. The maximum atomic E-state index is 13.2. The molecule has 0 saturated carbocycles. The lowest BCUT2D eigenvalue weighted by molar-refractivity contribution is -0.130. The molecule has 0 bridgehead atoms. The van der Waals surface area contributed by atoms with E-state index in [-0.39, 0.29) is 5.91 Å². The highest BCUT2D eigenvalue weighted by Crippen LogP contribution is 2.35. The van der Waals surface area contributed by atoms with E-state index in [1.165, 1.54) is 5.39 Å². The zero-order chi connectivity index (χ0) is 20.3. The van der Waals surface area contributed by atoms with Gasteiger partial charge in [0.1, 0.15) is 0 Å². The Balaban J connectivity index is 1.41. The fourth-order valence-electron chi connectivity index (χ4n) is 4.20. The summed E-state index contributed by atoms with van der Waals surface area (Å²) < 4.78 is 7.56. The predicted octanol–water partition coefficient (Wildman–Crippen LogP) is 4.25. The number of ether oxygens (including phenoxy) is 1. The molecule has 5 nitrogen and oxygen atoms in total. The molecule has 0 aliphatic carbocycles. The zero-order valence-electron chi connectivity index (χ0n) is 16.7. The number of rotatable bonds is 6. The second kappa shape index (κ2) is 8.56. The summed E-state index contributed by atoms with van der Waals surface area (Å²) in [7, 11) is 0. The summed E-state index contributed by atoms with van der Waals surface area (Å²) in [5.41, 5.74) is 2.64. The van der Waals surface area contributed by atoms with Gasteiger partial charge in [0.25, 0.3) is 0 Å². The Kier molecular flexibility index (Phi) is 5.88. The Bertz CT molecular complexity index is 991. The minimum absolute atomic E-state index is 0.0737. The number of amides is 1. The summed E-state index contributed by atoms with van der Waals surface area (Å²) in [5, 5.41) is 9.66. The molecule has 1 N–H and O–H groups in total. The van der Waals surface area contributed by atoms with Crippen LogP contribution in [0.1, 0.15) is 30.5 Å². The first-order valence-electron chi connectivity index (χ1n) is 10.1. The molecule has 6 heteroatoms. The Morgan fingerprint density at radius 3 is 2.66 bits per heavy atom. The highest BCUT2D eigenvalue weighted by molar-refractivity contribution is 6.30. The fourth-order valence-corrected chi connectivity index (χ4v) is 4.33. The number of aryl methyl sites for hydroxylation is 2. The number of halogens is 1. The van der Waals surface area contributed by atoms with Gasteiger partial charge in [0.05, 0.1) is 16.6 Å². The summed E-state index contributed by atoms with van der Waals surface area (Å²) in [6, 6.07) is 15.9. The van der Waals surface area contributed by atoms with Crippen LogP contribution in [0.3, 0.4) is 0 Å². The topological polar surface area (TPSA) is 56.2 Å². The van der Waals surface area contributed by atoms with E-state index in [9.17, 15) is 4.79 Å². The van der Waals surface area contributed by atoms with E-state index in [1.807, 2.05) is 48.0 Å². The maximum Gasteiger partial charge on any atom is 0.230 e. The van der Waals surface area contributed by atoms with Crippen LogP contribution in [0.4, 0.5) is 0 Å². The van der Waals surface area contributed by atoms with Gasteiger partial charge >= 0.3 is 0 Å². The fraction of sp³-hybridized carbons (Fsp3) is 0.391. The van der Waals surface area contributed by atoms with E-state index >= 15 is 0 Å². The molecule has 0 unspecified atom stereocenters. The molecule has 1 amide bonds. The lowest BCUT2D eigenvalue weighted by atomic mass is 9.73. The highest BCUT2D eigenvalue weighted by atomic mass is 35.5. The standard InChI is InChI=1S/C23H26ClN3O2/c1-17-20-5-2-3-6-21(20)27(26-17)14-4-13-25-22(28)23(11-15-29-16-12-23)18-7-9-19(24)10-8-18/h2-3,5-10H,4,11-16H2,1H3,(H,25,28). The predicted molar refractivity (Wildman–Crippen MR) is 115 cm³/mol. The average Bonchev–Trinajstić information content (AvgIpc) is 3.08. The lowest BCUT2D eigenvalue weighted by Gasteiger charge is -2.36. The van der Waals surface area contributed by atoms with Crippen LogP contribution in [0.15, 0.2) is 48.5 Å². The molecule has 152 valence electrons. The molecule has 4 rings (SSSR count). The van der Waals surface area contributed by atoms with Gasteiger partial charge in [0.15, 0.2) is 0 Å². The first-order valence-corrected chi connectivity index (χ1v) is 10.5. The van der Waals surface area contributed by atoms with E-state index in [0.717, 1.165) is 29.7 Å². The van der Waals surface area contributed by atoms with Crippen molar-refractivity contribution in [3.8, 4) is 0 Å². The zero-order valence-corrected chi connectivity index (χ0v) is 17.4. The van der Waals surface area contributed by atoms with Crippen molar-refractivity contribution in [1.29, 1.82) is 0 Å². The summed E-state index contributed by atoms with van der Waals surface area (Å²) in [6.07, 6.45) is 2.19. The average molecular weight is 412 g/mol. The SMILES string of the molecule is Cc1nn(CCCNC(=O)C2(c3ccc(Cl)cc3)CCOCC2)c2ccccc12. The first kappa shape index (κ1) is 19.9. The van der Waals surface area contributed by atoms with E-state index in [2.05, 4.69) is 22.5 Å². The molecule has 1 aliphatic rings. The summed E-state index contributed by atoms with van der Waals surface area (Å²) >= 11 is 6.05. The quantitative estimate of drug-likeness (QED) is 0.617. The van der Waals surface area contributed by atoms with Crippen LogP contribution in [0.25, 0.3) is 10.9 Å². The van der Waals surface area contributed by atoms with Gasteiger partial charge in [-0.05, 0) is 49.9 Å². The molecule has 0 spiro atoms. The molecule has 0 radical (unpaired) electrons. The second-order valence-corrected chi connectivity index (χ2v) is 8.07. The smallest absolute Gasteiger partial charge is 0.230 e. The van der Waals surface area contributed by atoms with Crippen LogP contribution in [0.5, 0.6) is 0 Å². The Hall–Kier alpha value is -2.37. The first-order chi connectivity index (χ1) is 14.1. The van der Waals surface area contributed by atoms with Crippen molar-refractivity contribution in [2.24, 2.45) is 0 Å². The van der Waals surface area contributed by atoms with E-state index in [1.54, 1.807) is 0 Å². The van der Waals surface area contributed by atoms with Crippen LogP contribution in [-0.2, 0) is 21.5 Å². The third-order valence-electron chi connectivity index (χ3n) is 5.85. The molecule has 1 aliphatic heterocycles. The van der Waals surface area contributed by atoms with E-state index < -0.39 is 5.41 Å². The van der Waals surface area contributed by atoms with Crippen molar-refractivity contribution in [3.05, 3.63) is 64.8 Å². The van der Waals surface area contributed by atoms with Crippen molar-refractivity contribution in [1.82, 2.24) is 15.1 Å². The van der Waals surface area contributed by atoms with Gasteiger partial charge in [0.2, 0.25) is 5.91 Å². The number of para-hydroxylation sites is 1. The van der Waals surface area contributed by atoms with E-state index in [4.69, 9.17) is 16.3 Å². The van der Waals surface area contributed by atoms with Crippen LogP contribution in [0, 0.1) is 6.92 Å². The molecule has 1 saturated heterocycles. The minimum atomic E-state index is -0.544. The number of carbonyl (C=O) groups excluding carboxylic acids is 1. The van der Waals surface area contributed by atoms with Crippen LogP contribution >= 0.6 is 11.6 Å². The third-order valence-corrected chi connectivity index (χ3v) is 6.10. The molecule has 0 atom stereocenters. The van der Waals surface area contributed by atoms with Gasteiger partial charge in [-0.2, -0.15) is 5.10 Å². The normalized spacial score (nSPS) is 16.1. The van der Waals surface area contributed by atoms with Crippen molar-refractivity contribution in [2.75, 3.05) is 19.8 Å².